The third-order valence-corrected chi connectivity index (χ3v) is 2.11. The number of carbonyl (C=O) groups excluding carboxylic acids is 1. The van der Waals surface area contributed by atoms with Crippen LogP contribution in [-0.2, 0) is 4.79 Å². The van der Waals surface area contributed by atoms with Crippen molar-refractivity contribution in [3.8, 4) is 0 Å². The maximum atomic E-state index is 10.3. The van der Waals surface area contributed by atoms with Gasteiger partial charge in [0, 0.05) is 26.2 Å². The summed E-state index contributed by atoms with van der Waals surface area (Å²) < 4.78 is 0. The van der Waals surface area contributed by atoms with Crippen molar-refractivity contribution < 1.29 is 4.79 Å². The molecule has 0 spiro atoms. The first-order valence-corrected chi connectivity index (χ1v) is 3.50. The molecule has 0 aromatic carbocycles. The van der Waals surface area contributed by atoms with E-state index in [0.29, 0.717) is 0 Å². The largest absolute Gasteiger partial charge is 0.337 e. The van der Waals surface area contributed by atoms with Crippen LogP contribution in [-0.4, -0.2) is 37.5 Å². The molecule has 0 saturated carbocycles. The van der Waals surface area contributed by atoms with Crippen molar-refractivity contribution in [1.82, 2.24) is 10.2 Å². The van der Waals surface area contributed by atoms with Crippen LogP contribution in [0.5, 0.6) is 0 Å². The highest BCUT2D eigenvalue weighted by molar-refractivity contribution is 5.52. The second kappa shape index (κ2) is 2.09. The Morgan fingerprint density at radius 1 is 1.30 bits per heavy atom. The summed E-state index contributed by atoms with van der Waals surface area (Å²) in [5.74, 6) is 0. The average molecular weight is 138 g/mol. The Bertz CT molecular complexity index is 182. The smallest absolute Gasteiger partial charge is 0.210 e. The van der Waals surface area contributed by atoms with Crippen molar-refractivity contribution in [3.63, 3.8) is 0 Å². The molecule has 0 fully saturated rings. The van der Waals surface area contributed by atoms with Crippen molar-refractivity contribution in [1.29, 1.82) is 0 Å². The predicted molar refractivity (Wildman–Crippen MR) is 37.5 cm³/mol. The lowest BCUT2D eigenvalue weighted by molar-refractivity contribution is -0.117. The summed E-state index contributed by atoms with van der Waals surface area (Å²) in [6.45, 7) is 3.68. The summed E-state index contributed by atoms with van der Waals surface area (Å²) >= 11 is 0. The van der Waals surface area contributed by atoms with Gasteiger partial charge in [-0.1, -0.05) is 0 Å². The minimum Gasteiger partial charge on any atom is -0.337 e. The van der Waals surface area contributed by atoms with Crippen molar-refractivity contribution in [2.24, 2.45) is 0 Å². The van der Waals surface area contributed by atoms with Crippen LogP contribution in [0.1, 0.15) is 0 Å². The lowest BCUT2D eigenvalue weighted by atomic mass is 10.2. The van der Waals surface area contributed by atoms with Crippen LogP contribution < -0.4 is 5.32 Å². The Morgan fingerprint density at radius 3 is 2.40 bits per heavy atom. The van der Waals surface area contributed by atoms with E-state index in [0.717, 1.165) is 32.6 Å². The Morgan fingerprint density at radius 2 is 1.90 bits per heavy atom. The van der Waals surface area contributed by atoms with Gasteiger partial charge in [0.2, 0.25) is 6.41 Å². The maximum Gasteiger partial charge on any atom is 0.210 e. The Kier molecular flexibility index (Phi) is 1.24. The Labute approximate surface area is 59.7 Å². The van der Waals surface area contributed by atoms with E-state index in [1.165, 1.54) is 11.1 Å². The van der Waals surface area contributed by atoms with Gasteiger partial charge in [0.15, 0.2) is 0 Å². The van der Waals surface area contributed by atoms with Gasteiger partial charge >= 0.3 is 0 Å². The van der Waals surface area contributed by atoms with Crippen LogP contribution in [0, 0.1) is 0 Å². The number of nitrogens with zero attached hydrogens (tertiary/aromatic N) is 1. The number of rotatable bonds is 1. The molecule has 1 amide bonds. The molecule has 0 atom stereocenters. The molecule has 2 aliphatic heterocycles. The molecular weight excluding hydrogens is 128 g/mol. The average Bonchev–Trinajstić information content (AvgIpc) is 2.42. The van der Waals surface area contributed by atoms with Gasteiger partial charge in [0.25, 0.3) is 0 Å². The topological polar surface area (TPSA) is 32.3 Å². The fraction of sp³-hybridized carbons (Fsp3) is 0.571. The number of amides is 1. The van der Waals surface area contributed by atoms with Crippen LogP contribution >= 0.6 is 0 Å². The van der Waals surface area contributed by atoms with E-state index in [2.05, 4.69) is 5.32 Å². The van der Waals surface area contributed by atoms with E-state index in [1.807, 2.05) is 4.90 Å². The summed E-state index contributed by atoms with van der Waals surface area (Å²) in [7, 11) is 0. The van der Waals surface area contributed by atoms with Gasteiger partial charge < -0.3 is 10.2 Å². The van der Waals surface area contributed by atoms with Crippen molar-refractivity contribution >= 4 is 6.41 Å². The van der Waals surface area contributed by atoms with Crippen molar-refractivity contribution in [3.05, 3.63) is 11.1 Å². The molecule has 0 saturated heterocycles. The molecule has 0 aromatic rings. The Hall–Kier alpha value is -0.830. The maximum absolute atomic E-state index is 10.3. The molecule has 0 bridgehead atoms. The molecule has 54 valence electrons. The van der Waals surface area contributed by atoms with E-state index >= 15 is 0 Å². The van der Waals surface area contributed by atoms with Gasteiger partial charge in [-0.15, -0.1) is 0 Å². The van der Waals surface area contributed by atoms with Gasteiger partial charge in [-0.05, 0) is 11.1 Å². The molecule has 2 aliphatic rings. The summed E-state index contributed by atoms with van der Waals surface area (Å²) in [6.07, 6.45) is 0.929. The highest BCUT2D eigenvalue weighted by Gasteiger charge is 2.23. The van der Waals surface area contributed by atoms with Gasteiger partial charge in [0.05, 0.1) is 0 Å². The molecule has 0 aromatic heterocycles. The van der Waals surface area contributed by atoms with Crippen LogP contribution in [0.25, 0.3) is 0 Å². The third-order valence-electron chi connectivity index (χ3n) is 2.11. The quantitative estimate of drug-likeness (QED) is 0.386. The fourth-order valence-electron chi connectivity index (χ4n) is 1.57. The molecule has 3 heteroatoms. The lowest BCUT2D eigenvalue weighted by Crippen LogP contribution is -2.25. The van der Waals surface area contributed by atoms with Gasteiger partial charge in [0.1, 0.15) is 0 Å². The molecule has 2 rings (SSSR count). The molecule has 3 nitrogen and oxygen atoms in total. The molecular formula is C7H10N2O. The summed E-state index contributed by atoms with van der Waals surface area (Å²) in [6, 6.07) is 0. The zero-order valence-electron chi connectivity index (χ0n) is 5.76. The monoisotopic (exact) mass is 138 g/mol. The highest BCUT2D eigenvalue weighted by Crippen LogP contribution is 2.18. The molecule has 2 heterocycles. The minimum absolute atomic E-state index is 0.853. The van der Waals surface area contributed by atoms with Crippen LogP contribution in [0.15, 0.2) is 11.1 Å². The zero-order chi connectivity index (χ0) is 6.97. The number of nitrogens with one attached hydrogen (secondary N) is 1. The molecule has 1 N–H and O–H groups in total. The lowest BCUT2D eigenvalue weighted by Gasteiger charge is -2.10. The first-order valence-electron chi connectivity index (χ1n) is 3.50. The summed E-state index contributed by atoms with van der Waals surface area (Å²) in [4.78, 5) is 12.1. The first kappa shape index (κ1) is 5.92. The normalized spacial score (nSPS) is 23.8. The predicted octanol–water partition coefficient (Wildman–Crippen LogP) is -0.642. The zero-order valence-corrected chi connectivity index (χ0v) is 5.76. The second-order valence-corrected chi connectivity index (χ2v) is 2.82. The molecule has 0 radical (unpaired) electrons. The summed E-state index contributed by atoms with van der Waals surface area (Å²) in [5, 5.41) is 3.25. The number of hydrogen-bond donors (Lipinski definition) is 1. The number of hydrogen-bond acceptors (Lipinski definition) is 2. The fourth-order valence-corrected chi connectivity index (χ4v) is 1.57. The summed E-state index contributed by atoms with van der Waals surface area (Å²) in [5.41, 5.74) is 2.85. The van der Waals surface area contributed by atoms with Crippen LogP contribution in [0.2, 0.25) is 0 Å². The van der Waals surface area contributed by atoms with Gasteiger partial charge in [-0.3, -0.25) is 4.79 Å². The van der Waals surface area contributed by atoms with Crippen LogP contribution in [0.4, 0.5) is 0 Å². The number of carbonyl (C=O) groups is 1. The third kappa shape index (κ3) is 0.743. The Balaban J connectivity index is 2.09. The molecule has 0 unspecified atom stereocenters. The standard InChI is InChI=1S/C7H10N2O/c10-5-9-3-6-1-8-2-7(6)4-9/h5,8H,1-4H2. The van der Waals surface area contributed by atoms with E-state index in [4.69, 9.17) is 0 Å². The van der Waals surface area contributed by atoms with E-state index < -0.39 is 0 Å². The first-order chi connectivity index (χ1) is 4.90. The van der Waals surface area contributed by atoms with Gasteiger partial charge in [-0.25, -0.2) is 0 Å². The van der Waals surface area contributed by atoms with Gasteiger partial charge in [-0.2, -0.15) is 0 Å². The second-order valence-electron chi connectivity index (χ2n) is 2.82. The van der Waals surface area contributed by atoms with E-state index in [-0.39, 0.29) is 0 Å². The highest BCUT2D eigenvalue weighted by atomic mass is 16.1. The van der Waals surface area contributed by atoms with E-state index in [1.54, 1.807) is 0 Å². The molecule has 0 aliphatic carbocycles. The van der Waals surface area contributed by atoms with Crippen LogP contribution in [0.3, 0.4) is 0 Å². The minimum atomic E-state index is 0.853. The molecule has 10 heavy (non-hydrogen) atoms. The van der Waals surface area contributed by atoms with Crippen molar-refractivity contribution in [2.75, 3.05) is 26.2 Å². The van der Waals surface area contributed by atoms with E-state index in [9.17, 15) is 4.79 Å². The SMILES string of the molecule is O=CN1CC2=C(CNC2)C1. The van der Waals surface area contributed by atoms with Crippen molar-refractivity contribution in [2.45, 2.75) is 0 Å².